The van der Waals surface area contributed by atoms with Crippen LogP contribution in [0.5, 0.6) is 0 Å². The van der Waals surface area contributed by atoms with Gasteiger partial charge in [-0.05, 0) is 73.7 Å². The van der Waals surface area contributed by atoms with Crippen LogP contribution in [0.4, 0.5) is 11.4 Å². The molecule has 1 saturated heterocycles. The molecule has 4 rings (SSSR count). The summed E-state index contributed by atoms with van der Waals surface area (Å²) in [6.07, 6.45) is 6.60. The van der Waals surface area contributed by atoms with Crippen molar-refractivity contribution in [3.05, 3.63) is 81.6 Å². The number of sulfonamides is 1. The highest BCUT2D eigenvalue weighted by molar-refractivity contribution is 7.92. The van der Waals surface area contributed by atoms with Crippen LogP contribution in [0.1, 0.15) is 29.6 Å². The van der Waals surface area contributed by atoms with E-state index in [-0.39, 0.29) is 31.6 Å². The summed E-state index contributed by atoms with van der Waals surface area (Å²) in [5.74, 6) is 0.245. The van der Waals surface area contributed by atoms with E-state index in [1.54, 1.807) is 18.5 Å². The van der Waals surface area contributed by atoms with Gasteiger partial charge in [-0.25, -0.2) is 8.42 Å². The van der Waals surface area contributed by atoms with E-state index >= 15 is 0 Å². The molecule has 2 aromatic carbocycles. The molecular formula is C26H27Cl3N4O3S. The smallest absolute Gasteiger partial charge is 0.264 e. The Labute approximate surface area is 232 Å². The summed E-state index contributed by atoms with van der Waals surface area (Å²) in [4.78, 5) is 19.2. The molecule has 0 aliphatic carbocycles. The minimum absolute atomic E-state index is 0.0368. The number of nitrogens with zero attached hydrogens (tertiary/aromatic N) is 3. The van der Waals surface area contributed by atoms with Crippen molar-refractivity contribution < 1.29 is 13.2 Å². The molecule has 0 unspecified atom stereocenters. The molecule has 0 spiro atoms. The van der Waals surface area contributed by atoms with Crippen LogP contribution in [-0.4, -0.2) is 46.0 Å². The number of benzene rings is 2. The Hall–Kier alpha value is -2.52. The Kier molecular flexibility index (Phi) is 8.85. The fraction of sp³-hybridized carbons (Fsp3) is 0.308. The Morgan fingerprint density at radius 1 is 1.00 bits per heavy atom. The van der Waals surface area contributed by atoms with Gasteiger partial charge in [-0.15, -0.1) is 0 Å². The number of anilines is 2. The summed E-state index contributed by atoms with van der Waals surface area (Å²) in [5.41, 5.74) is 1.69. The van der Waals surface area contributed by atoms with Gasteiger partial charge in [-0.2, -0.15) is 0 Å². The molecule has 196 valence electrons. The number of hydrogen-bond acceptors (Lipinski definition) is 5. The third-order valence-corrected chi connectivity index (χ3v) is 9.40. The summed E-state index contributed by atoms with van der Waals surface area (Å²) in [6.45, 7) is 2.49. The van der Waals surface area contributed by atoms with E-state index in [1.165, 1.54) is 43.1 Å². The van der Waals surface area contributed by atoms with Gasteiger partial charge in [-0.1, -0.05) is 34.8 Å². The molecule has 11 heteroatoms. The molecule has 0 saturated carbocycles. The Morgan fingerprint density at radius 3 is 2.35 bits per heavy atom. The van der Waals surface area contributed by atoms with Gasteiger partial charge in [0, 0.05) is 50.3 Å². The zero-order valence-electron chi connectivity index (χ0n) is 20.2. The molecule has 0 atom stereocenters. The van der Waals surface area contributed by atoms with Crippen LogP contribution >= 0.6 is 34.8 Å². The number of rotatable bonds is 8. The minimum atomic E-state index is -3.99. The van der Waals surface area contributed by atoms with Gasteiger partial charge in [0.25, 0.3) is 15.9 Å². The summed E-state index contributed by atoms with van der Waals surface area (Å²) in [6, 6.07) is 12.7. The summed E-state index contributed by atoms with van der Waals surface area (Å²) >= 11 is 18.2. The van der Waals surface area contributed by atoms with E-state index < -0.39 is 10.0 Å². The lowest BCUT2D eigenvalue weighted by molar-refractivity contribution is 0.0950. The highest BCUT2D eigenvalue weighted by atomic mass is 35.5. The lowest BCUT2D eigenvalue weighted by atomic mass is 9.93. The fourth-order valence-corrected chi connectivity index (χ4v) is 6.24. The first kappa shape index (κ1) is 27.5. The zero-order valence-corrected chi connectivity index (χ0v) is 23.3. The first-order valence-corrected chi connectivity index (χ1v) is 14.4. The van der Waals surface area contributed by atoms with Crippen LogP contribution in [0.3, 0.4) is 0 Å². The molecule has 0 radical (unpaired) electrons. The number of hydrogen-bond donors (Lipinski definition) is 1. The third kappa shape index (κ3) is 6.49. The highest BCUT2D eigenvalue weighted by Crippen LogP contribution is 2.32. The molecular weight excluding hydrogens is 555 g/mol. The van der Waals surface area contributed by atoms with E-state index in [1.807, 2.05) is 12.1 Å². The van der Waals surface area contributed by atoms with Gasteiger partial charge in [-0.3, -0.25) is 14.1 Å². The second kappa shape index (κ2) is 11.9. The van der Waals surface area contributed by atoms with Crippen molar-refractivity contribution in [1.82, 2.24) is 10.3 Å². The molecule has 1 fully saturated rings. The topological polar surface area (TPSA) is 82.6 Å². The predicted octanol–water partition coefficient (Wildman–Crippen LogP) is 5.90. The number of piperidine rings is 1. The lowest BCUT2D eigenvalue weighted by Crippen LogP contribution is -2.35. The van der Waals surface area contributed by atoms with Gasteiger partial charge in [0.15, 0.2) is 0 Å². The monoisotopic (exact) mass is 580 g/mol. The summed E-state index contributed by atoms with van der Waals surface area (Å²) in [5, 5.41) is 3.53. The van der Waals surface area contributed by atoms with Crippen molar-refractivity contribution in [2.75, 3.05) is 35.9 Å². The molecule has 1 aliphatic heterocycles. The van der Waals surface area contributed by atoms with Crippen LogP contribution in [0.15, 0.2) is 65.8 Å². The van der Waals surface area contributed by atoms with Gasteiger partial charge in [0.05, 0.1) is 25.7 Å². The molecule has 3 aromatic rings. The van der Waals surface area contributed by atoms with E-state index in [2.05, 4.69) is 15.2 Å². The first-order chi connectivity index (χ1) is 17.7. The molecule has 1 N–H and O–H groups in total. The van der Waals surface area contributed by atoms with E-state index in [9.17, 15) is 13.2 Å². The Balaban J connectivity index is 1.35. The Morgan fingerprint density at radius 2 is 1.68 bits per heavy atom. The van der Waals surface area contributed by atoms with Gasteiger partial charge >= 0.3 is 0 Å². The maximum atomic E-state index is 13.1. The van der Waals surface area contributed by atoms with Gasteiger partial charge in [0.1, 0.15) is 0 Å². The van der Waals surface area contributed by atoms with Crippen LogP contribution in [-0.2, 0) is 10.0 Å². The number of halogens is 3. The van der Waals surface area contributed by atoms with Gasteiger partial charge in [0.2, 0.25) is 0 Å². The molecule has 1 amide bonds. The van der Waals surface area contributed by atoms with Crippen molar-refractivity contribution in [1.29, 1.82) is 0 Å². The second-order valence-corrected chi connectivity index (χ2v) is 12.1. The van der Waals surface area contributed by atoms with Crippen molar-refractivity contribution >= 4 is 62.1 Å². The maximum Gasteiger partial charge on any atom is 0.264 e. The molecule has 7 nitrogen and oxygen atoms in total. The number of carbonyl (C=O) groups excluding carboxylic acids is 1. The number of amides is 1. The quantitative estimate of drug-likeness (QED) is 0.358. The second-order valence-electron chi connectivity index (χ2n) is 8.90. The summed E-state index contributed by atoms with van der Waals surface area (Å²) in [7, 11) is -2.61. The summed E-state index contributed by atoms with van der Waals surface area (Å²) < 4.78 is 27.3. The third-order valence-electron chi connectivity index (χ3n) is 6.58. The molecule has 1 aromatic heterocycles. The van der Waals surface area contributed by atoms with Crippen LogP contribution in [0, 0.1) is 5.92 Å². The molecule has 2 heterocycles. The van der Waals surface area contributed by atoms with Gasteiger partial charge < -0.3 is 10.2 Å². The molecule has 1 aliphatic rings. The predicted molar refractivity (Wildman–Crippen MR) is 150 cm³/mol. The van der Waals surface area contributed by atoms with Crippen molar-refractivity contribution in [3.63, 3.8) is 0 Å². The number of carbonyl (C=O) groups is 1. The SMILES string of the molecule is CN(c1cc(C(=O)NCCC2CCN(c3ccncc3)CC2)ccc1Cl)S(=O)(=O)c1ccc(Cl)c(Cl)c1. The average Bonchev–Trinajstić information content (AvgIpc) is 2.91. The lowest BCUT2D eigenvalue weighted by Gasteiger charge is -2.33. The average molecular weight is 582 g/mol. The van der Waals surface area contributed by atoms with Crippen molar-refractivity contribution in [2.24, 2.45) is 5.92 Å². The number of aromatic nitrogens is 1. The van der Waals surface area contributed by atoms with Crippen LogP contribution in [0.2, 0.25) is 15.1 Å². The first-order valence-electron chi connectivity index (χ1n) is 11.8. The minimum Gasteiger partial charge on any atom is -0.371 e. The molecule has 0 bridgehead atoms. The standard InChI is InChI=1S/C26H27Cl3N4O3S/c1-32(37(35,36)21-3-5-22(27)24(29)17-21)25-16-19(2-4-23(25)28)26(34)31-13-6-18-9-14-33(15-10-18)20-7-11-30-12-8-20/h2-5,7-8,11-12,16-18H,6,9-10,13-15H2,1H3,(H,31,34). The largest absolute Gasteiger partial charge is 0.371 e. The van der Waals surface area contributed by atoms with Crippen LogP contribution < -0.4 is 14.5 Å². The normalized spacial score (nSPS) is 14.4. The number of pyridine rings is 1. The molecule has 37 heavy (non-hydrogen) atoms. The van der Waals surface area contributed by atoms with Crippen molar-refractivity contribution in [2.45, 2.75) is 24.2 Å². The van der Waals surface area contributed by atoms with Crippen LogP contribution in [0.25, 0.3) is 0 Å². The zero-order chi connectivity index (χ0) is 26.6. The van der Waals surface area contributed by atoms with E-state index in [0.717, 1.165) is 36.7 Å². The van der Waals surface area contributed by atoms with E-state index in [0.29, 0.717) is 18.0 Å². The maximum absolute atomic E-state index is 13.1. The van der Waals surface area contributed by atoms with Crippen molar-refractivity contribution in [3.8, 4) is 0 Å². The fourth-order valence-electron chi connectivity index (χ4n) is 4.35. The number of nitrogens with one attached hydrogen (secondary N) is 1. The van der Waals surface area contributed by atoms with E-state index in [4.69, 9.17) is 34.8 Å². The Bertz CT molecular complexity index is 1360. The highest BCUT2D eigenvalue weighted by Gasteiger charge is 2.25.